The SMILES string of the molecule is C=CCNC(=O)C(C)NC(C)c1ccncc1. The van der Waals surface area contributed by atoms with Gasteiger partial charge in [-0.1, -0.05) is 6.08 Å². The van der Waals surface area contributed by atoms with Crippen molar-refractivity contribution < 1.29 is 4.79 Å². The van der Waals surface area contributed by atoms with Gasteiger partial charge >= 0.3 is 0 Å². The minimum atomic E-state index is -0.238. The van der Waals surface area contributed by atoms with E-state index in [4.69, 9.17) is 0 Å². The van der Waals surface area contributed by atoms with E-state index in [1.807, 2.05) is 26.0 Å². The summed E-state index contributed by atoms with van der Waals surface area (Å²) in [6.07, 6.45) is 5.16. The number of rotatable bonds is 6. The van der Waals surface area contributed by atoms with Crippen molar-refractivity contribution in [2.45, 2.75) is 25.9 Å². The van der Waals surface area contributed by atoms with Gasteiger partial charge in [0.25, 0.3) is 0 Å². The average Bonchev–Trinajstić information content (AvgIpc) is 2.36. The van der Waals surface area contributed by atoms with Crippen molar-refractivity contribution in [3.63, 3.8) is 0 Å². The van der Waals surface area contributed by atoms with Gasteiger partial charge in [0, 0.05) is 25.0 Å². The summed E-state index contributed by atoms with van der Waals surface area (Å²) < 4.78 is 0. The molecule has 0 bridgehead atoms. The second kappa shape index (κ2) is 6.81. The second-order valence-corrected chi connectivity index (χ2v) is 3.92. The lowest BCUT2D eigenvalue weighted by Gasteiger charge is -2.19. The highest BCUT2D eigenvalue weighted by atomic mass is 16.2. The summed E-state index contributed by atoms with van der Waals surface area (Å²) in [6, 6.07) is 3.75. The van der Waals surface area contributed by atoms with Crippen molar-refractivity contribution in [2.24, 2.45) is 0 Å². The summed E-state index contributed by atoms with van der Waals surface area (Å²) in [5.41, 5.74) is 1.11. The van der Waals surface area contributed by atoms with Crippen LogP contribution in [0.5, 0.6) is 0 Å². The smallest absolute Gasteiger partial charge is 0.237 e. The lowest BCUT2D eigenvalue weighted by molar-refractivity contribution is -0.122. The molecule has 0 saturated carbocycles. The first-order chi connectivity index (χ1) is 8.15. The number of amides is 1. The molecule has 2 N–H and O–H groups in total. The Hall–Kier alpha value is -1.68. The summed E-state index contributed by atoms with van der Waals surface area (Å²) in [4.78, 5) is 15.6. The number of nitrogens with zero attached hydrogens (tertiary/aromatic N) is 1. The number of carbonyl (C=O) groups excluding carboxylic acids is 1. The average molecular weight is 233 g/mol. The molecule has 1 amide bonds. The van der Waals surface area contributed by atoms with Crippen molar-refractivity contribution in [3.05, 3.63) is 42.7 Å². The molecule has 1 rings (SSSR count). The van der Waals surface area contributed by atoms with Crippen LogP contribution in [-0.4, -0.2) is 23.5 Å². The quantitative estimate of drug-likeness (QED) is 0.731. The van der Waals surface area contributed by atoms with Crippen LogP contribution in [0.1, 0.15) is 25.5 Å². The van der Waals surface area contributed by atoms with E-state index >= 15 is 0 Å². The second-order valence-electron chi connectivity index (χ2n) is 3.92. The van der Waals surface area contributed by atoms with Gasteiger partial charge in [-0.25, -0.2) is 0 Å². The highest BCUT2D eigenvalue weighted by Crippen LogP contribution is 2.10. The summed E-state index contributed by atoms with van der Waals surface area (Å²) in [7, 11) is 0. The molecule has 0 aliphatic carbocycles. The molecule has 1 aromatic rings. The molecule has 0 aliphatic rings. The molecule has 4 heteroatoms. The number of nitrogens with one attached hydrogen (secondary N) is 2. The van der Waals surface area contributed by atoms with Crippen LogP contribution < -0.4 is 10.6 Å². The van der Waals surface area contributed by atoms with E-state index in [1.54, 1.807) is 18.5 Å². The van der Waals surface area contributed by atoms with Gasteiger partial charge in [0.05, 0.1) is 6.04 Å². The largest absolute Gasteiger partial charge is 0.351 e. The molecule has 0 radical (unpaired) electrons. The van der Waals surface area contributed by atoms with Gasteiger partial charge in [0.2, 0.25) is 5.91 Å². The fourth-order valence-electron chi connectivity index (χ4n) is 1.52. The Morgan fingerprint density at radius 3 is 2.71 bits per heavy atom. The third-order valence-electron chi connectivity index (χ3n) is 2.52. The molecule has 4 nitrogen and oxygen atoms in total. The first-order valence-electron chi connectivity index (χ1n) is 5.69. The molecule has 0 aliphatic heterocycles. The Kier molecular flexibility index (Phi) is 5.36. The van der Waals surface area contributed by atoms with E-state index in [0.29, 0.717) is 6.54 Å². The van der Waals surface area contributed by atoms with Gasteiger partial charge in [0.15, 0.2) is 0 Å². The Bertz CT molecular complexity index is 364. The van der Waals surface area contributed by atoms with Gasteiger partial charge in [-0.2, -0.15) is 0 Å². The van der Waals surface area contributed by atoms with Crippen LogP contribution in [-0.2, 0) is 4.79 Å². The zero-order valence-electron chi connectivity index (χ0n) is 10.3. The van der Waals surface area contributed by atoms with Gasteiger partial charge in [-0.05, 0) is 31.5 Å². The minimum absolute atomic E-state index is 0.0224. The van der Waals surface area contributed by atoms with Crippen molar-refractivity contribution in [1.29, 1.82) is 0 Å². The molecule has 1 aromatic heterocycles. The van der Waals surface area contributed by atoms with Crippen LogP contribution in [0.4, 0.5) is 0 Å². The van der Waals surface area contributed by atoms with Gasteiger partial charge in [-0.15, -0.1) is 6.58 Å². The number of carbonyl (C=O) groups is 1. The maximum atomic E-state index is 11.6. The molecular formula is C13H19N3O. The first-order valence-corrected chi connectivity index (χ1v) is 5.69. The van der Waals surface area contributed by atoms with E-state index in [1.165, 1.54) is 0 Å². The van der Waals surface area contributed by atoms with Crippen LogP contribution in [0.3, 0.4) is 0 Å². The number of pyridine rings is 1. The molecule has 1 heterocycles. The lowest BCUT2D eigenvalue weighted by Crippen LogP contribution is -2.43. The maximum Gasteiger partial charge on any atom is 0.237 e. The highest BCUT2D eigenvalue weighted by molar-refractivity contribution is 5.81. The van der Waals surface area contributed by atoms with E-state index in [2.05, 4.69) is 22.2 Å². The summed E-state index contributed by atoms with van der Waals surface area (Å²) in [5, 5.41) is 5.99. The van der Waals surface area contributed by atoms with Gasteiger partial charge < -0.3 is 5.32 Å². The summed E-state index contributed by atoms with van der Waals surface area (Å²) >= 11 is 0. The third-order valence-corrected chi connectivity index (χ3v) is 2.52. The Morgan fingerprint density at radius 1 is 1.47 bits per heavy atom. The van der Waals surface area contributed by atoms with E-state index < -0.39 is 0 Å². The molecule has 17 heavy (non-hydrogen) atoms. The first kappa shape index (κ1) is 13.4. The van der Waals surface area contributed by atoms with Gasteiger partial charge in [-0.3, -0.25) is 15.1 Å². The van der Waals surface area contributed by atoms with Crippen molar-refractivity contribution in [1.82, 2.24) is 15.6 Å². The topological polar surface area (TPSA) is 54.0 Å². The molecule has 2 unspecified atom stereocenters. The maximum absolute atomic E-state index is 11.6. The molecule has 0 saturated heterocycles. The molecule has 2 atom stereocenters. The fraction of sp³-hybridized carbons (Fsp3) is 0.385. The van der Waals surface area contributed by atoms with E-state index in [0.717, 1.165) is 5.56 Å². The van der Waals surface area contributed by atoms with Crippen LogP contribution in [0.25, 0.3) is 0 Å². The number of hydrogen-bond donors (Lipinski definition) is 2. The summed E-state index contributed by atoms with van der Waals surface area (Å²) in [5.74, 6) is -0.0224. The van der Waals surface area contributed by atoms with E-state index in [-0.39, 0.29) is 18.0 Å². The minimum Gasteiger partial charge on any atom is -0.351 e. The van der Waals surface area contributed by atoms with Crippen LogP contribution >= 0.6 is 0 Å². The normalized spacial score (nSPS) is 13.8. The van der Waals surface area contributed by atoms with Crippen LogP contribution in [0.15, 0.2) is 37.2 Å². The fourth-order valence-corrected chi connectivity index (χ4v) is 1.52. The monoisotopic (exact) mass is 233 g/mol. The standard InChI is InChI=1S/C13H19N3O/c1-4-7-15-13(17)11(3)16-10(2)12-5-8-14-9-6-12/h4-6,8-11,16H,1,7H2,2-3H3,(H,15,17). The van der Waals surface area contributed by atoms with Crippen molar-refractivity contribution in [3.8, 4) is 0 Å². The Labute approximate surface area is 102 Å². The lowest BCUT2D eigenvalue weighted by atomic mass is 10.1. The van der Waals surface area contributed by atoms with Crippen LogP contribution in [0, 0.1) is 0 Å². The zero-order chi connectivity index (χ0) is 12.7. The predicted molar refractivity (Wildman–Crippen MR) is 68.5 cm³/mol. The predicted octanol–water partition coefficient (Wildman–Crippen LogP) is 1.42. The molecule has 0 aromatic carbocycles. The summed E-state index contributed by atoms with van der Waals surface area (Å²) in [6.45, 7) is 7.92. The van der Waals surface area contributed by atoms with Crippen LogP contribution in [0.2, 0.25) is 0 Å². The number of hydrogen-bond acceptors (Lipinski definition) is 3. The Morgan fingerprint density at radius 2 is 2.12 bits per heavy atom. The van der Waals surface area contributed by atoms with E-state index in [9.17, 15) is 4.79 Å². The van der Waals surface area contributed by atoms with Gasteiger partial charge in [0.1, 0.15) is 0 Å². The van der Waals surface area contributed by atoms with Crippen molar-refractivity contribution in [2.75, 3.05) is 6.54 Å². The third kappa shape index (κ3) is 4.36. The van der Waals surface area contributed by atoms with Crippen molar-refractivity contribution >= 4 is 5.91 Å². The molecule has 0 spiro atoms. The zero-order valence-corrected chi connectivity index (χ0v) is 10.3. The molecular weight excluding hydrogens is 214 g/mol. The highest BCUT2D eigenvalue weighted by Gasteiger charge is 2.15. The number of aromatic nitrogens is 1. The Balaban J connectivity index is 2.48. The molecule has 0 fully saturated rings. The molecule has 92 valence electrons.